The number of aliphatic hydroxyl groups excluding tert-OH is 1. The summed E-state index contributed by atoms with van der Waals surface area (Å²) >= 11 is 0. The largest absolute Gasteiger partial charge is 0.512 e. The van der Waals surface area contributed by atoms with E-state index < -0.39 is 48.3 Å². The van der Waals surface area contributed by atoms with Crippen molar-refractivity contribution in [2.75, 3.05) is 0 Å². The van der Waals surface area contributed by atoms with Crippen LogP contribution in [0.1, 0.15) is 46.5 Å². The van der Waals surface area contributed by atoms with E-state index in [0.29, 0.717) is 6.08 Å². The molecule has 124 valence electrons. The van der Waals surface area contributed by atoms with E-state index >= 15 is 0 Å². The Kier molecular flexibility index (Phi) is 7.33. The van der Waals surface area contributed by atoms with Crippen molar-refractivity contribution < 1.29 is 31.9 Å². The highest BCUT2D eigenvalue weighted by Crippen LogP contribution is 2.40. The Morgan fingerprint density at radius 3 is 2.10 bits per heavy atom. The molecule has 0 aliphatic heterocycles. The number of halogens is 5. The van der Waals surface area contributed by atoms with Crippen LogP contribution in [0.5, 0.6) is 0 Å². The predicted molar refractivity (Wildman–Crippen MR) is 69.2 cm³/mol. The van der Waals surface area contributed by atoms with Gasteiger partial charge in [-0.05, 0) is 12.8 Å². The monoisotopic (exact) mass is 316 g/mol. The third kappa shape index (κ3) is 6.91. The second-order valence-electron chi connectivity index (χ2n) is 5.37. The summed E-state index contributed by atoms with van der Waals surface area (Å²) in [6, 6.07) is 0. The molecule has 0 amide bonds. The van der Waals surface area contributed by atoms with E-state index in [1.54, 1.807) is 0 Å². The van der Waals surface area contributed by atoms with Crippen molar-refractivity contribution in [3.63, 3.8) is 0 Å². The number of ketones is 1. The first-order valence-electron chi connectivity index (χ1n) is 6.75. The van der Waals surface area contributed by atoms with Crippen LogP contribution < -0.4 is 0 Å². The van der Waals surface area contributed by atoms with Crippen LogP contribution in [0.3, 0.4) is 0 Å². The molecule has 0 aliphatic carbocycles. The number of alkyl halides is 5. The molecule has 0 saturated heterocycles. The number of carbonyl (C=O) groups is 1. The normalized spacial score (nSPS) is 17.7. The molecule has 0 bridgehead atoms. The number of carbonyl (C=O) groups excluding carboxylic acids is 1. The van der Waals surface area contributed by atoms with Crippen molar-refractivity contribution in [3.05, 3.63) is 11.8 Å². The molecule has 0 heterocycles. The Morgan fingerprint density at radius 1 is 1.24 bits per heavy atom. The van der Waals surface area contributed by atoms with Crippen LogP contribution in [0.15, 0.2) is 11.8 Å². The maximum Gasteiger partial charge on any atom is 0.390 e. The van der Waals surface area contributed by atoms with Gasteiger partial charge in [-0.1, -0.05) is 20.8 Å². The van der Waals surface area contributed by atoms with Gasteiger partial charge in [-0.25, -0.2) is 8.78 Å². The quantitative estimate of drug-likeness (QED) is 0.386. The van der Waals surface area contributed by atoms with Gasteiger partial charge < -0.3 is 5.11 Å². The first-order chi connectivity index (χ1) is 9.45. The van der Waals surface area contributed by atoms with Crippen molar-refractivity contribution >= 4 is 5.78 Å². The van der Waals surface area contributed by atoms with Gasteiger partial charge in [0.1, 0.15) is 5.76 Å². The van der Waals surface area contributed by atoms with Gasteiger partial charge in [0.05, 0.1) is 6.42 Å². The van der Waals surface area contributed by atoms with Gasteiger partial charge in [0.25, 0.3) is 0 Å². The molecule has 0 spiro atoms. The number of aliphatic hydroxyl groups is 1. The van der Waals surface area contributed by atoms with Gasteiger partial charge in [-0.2, -0.15) is 13.2 Å². The molecular weight excluding hydrogens is 295 g/mol. The molecular formula is C14H21F5O2. The SMILES string of the molecule is CCC(CC(F)F)C(=O)/C=C(\O)C(C)(CC)CC(F)(F)F. The summed E-state index contributed by atoms with van der Waals surface area (Å²) in [5, 5.41) is 9.83. The zero-order valence-corrected chi connectivity index (χ0v) is 12.3. The third-order valence-electron chi connectivity index (χ3n) is 3.63. The standard InChI is InChI=1S/C14H21F5O2/c1-4-9(6-12(15)16)10(20)7-11(21)13(3,5-2)8-14(17,18)19/h7,9,12,21H,4-6,8H2,1-3H3/b11-7-. The summed E-state index contributed by atoms with van der Waals surface area (Å²) in [4.78, 5) is 11.8. The maximum absolute atomic E-state index is 12.5. The van der Waals surface area contributed by atoms with Crippen molar-refractivity contribution in [2.45, 2.75) is 59.1 Å². The van der Waals surface area contributed by atoms with Gasteiger partial charge in [0, 0.05) is 23.8 Å². The van der Waals surface area contributed by atoms with Crippen molar-refractivity contribution in [1.29, 1.82) is 0 Å². The van der Waals surface area contributed by atoms with E-state index in [1.807, 2.05) is 0 Å². The second-order valence-corrected chi connectivity index (χ2v) is 5.37. The molecule has 7 heteroatoms. The number of rotatable bonds is 8. The van der Waals surface area contributed by atoms with E-state index in [-0.39, 0.29) is 12.8 Å². The van der Waals surface area contributed by atoms with E-state index in [2.05, 4.69) is 0 Å². The summed E-state index contributed by atoms with van der Waals surface area (Å²) in [7, 11) is 0. The lowest BCUT2D eigenvalue weighted by Gasteiger charge is -2.28. The molecule has 0 radical (unpaired) electrons. The van der Waals surface area contributed by atoms with Gasteiger partial charge in [0.2, 0.25) is 6.43 Å². The van der Waals surface area contributed by atoms with Crippen LogP contribution in [0.4, 0.5) is 22.0 Å². The average molecular weight is 316 g/mol. The number of hydrogen-bond donors (Lipinski definition) is 1. The van der Waals surface area contributed by atoms with Gasteiger partial charge in [-0.15, -0.1) is 0 Å². The lowest BCUT2D eigenvalue weighted by Crippen LogP contribution is -2.28. The fourth-order valence-corrected chi connectivity index (χ4v) is 1.96. The summed E-state index contributed by atoms with van der Waals surface area (Å²) in [5.41, 5.74) is -1.63. The minimum absolute atomic E-state index is 0.0340. The summed E-state index contributed by atoms with van der Waals surface area (Å²) in [6.07, 6.45) is -8.35. The Balaban J connectivity index is 5.16. The first-order valence-corrected chi connectivity index (χ1v) is 6.75. The Morgan fingerprint density at radius 2 is 1.76 bits per heavy atom. The van der Waals surface area contributed by atoms with Crippen molar-refractivity contribution in [2.24, 2.45) is 11.3 Å². The molecule has 1 N–H and O–H groups in total. The molecule has 0 rings (SSSR count). The van der Waals surface area contributed by atoms with E-state index in [4.69, 9.17) is 0 Å². The second kappa shape index (κ2) is 7.75. The molecule has 0 aromatic heterocycles. The van der Waals surface area contributed by atoms with E-state index in [9.17, 15) is 31.9 Å². The fourth-order valence-electron chi connectivity index (χ4n) is 1.96. The third-order valence-corrected chi connectivity index (χ3v) is 3.63. The topological polar surface area (TPSA) is 37.3 Å². The molecule has 0 aromatic rings. The Labute approximate surface area is 121 Å². The smallest absolute Gasteiger partial charge is 0.390 e. The van der Waals surface area contributed by atoms with Crippen molar-refractivity contribution in [3.8, 4) is 0 Å². The van der Waals surface area contributed by atoms with Crippen LogP contribution >= 0.6 is 0 Å². The van der Waals surface area contributed by atoms with Gasteiger partial charge >= 0.3 is 6.18 Å². The minimum atomic E-state index is -4.50. The molecule has 0 saturated carbocycles. The zero-order valence-electron chi connectivity index (χ0n) is 12.3. The van der Waals surface area contributed by atoms with Crippen LogP contribution in [0.25, 0.3) is 0 Å². The average Bonchev–Trinajstić information content (AvgIpc) is 2.33. The van der Waals surface area contributed by atoms with E-state index in [1.165, 1.54) is 20.8 Å². The van der Waals surface area contributed by atoms with Crippen LogP contribution in [-0.4, -0.2) is 23.5 Å². The lowest BCUT2D eigenvalue weighted by molar-refractivity contribution is -0.156. The van der Waals surface area contributed by atoms with Gasteiger partial charge in [0.15, 0.2) is 5.78 Å². The number of hydrogen-bond acceptors (Lipinski definition) is 2. The van der Waals surface area contributed by atoms with Gasteiger partial charge in [-0.3, -0.25) is 4.79 Å². The number of allylic oxidation sites excluding steroid dienone is 2. The predicted octanol–water partition coefficient (Wildman–Crippen LogP) is 5.05. The minimum Gasteiger partial charge on any atom is -0.512 e. The summed E-state index contributed by atoms with van der Waals surface area (Å²) < 4.78 is 62.1. The molecule has 2 atom stereocenters. The summed E-state index contributed by atoms with van der Waals surface area (Å²) in [5.74, 6) is -2.48. The molecule has 2 unspecified atom stereocenters. The molecule has 0 aromatic carbocycles. The van der Waals surface area contributed by atoms with Crippen molar-refractivity contribution in [1.82, 2.24) is 0 Å². The first kappa shape index (κ1) is 19.9. The highest BCUT2D eigenvalue weighted by atomic mass is 19.4. The summed E-state index contributed by atoms with van der Waals surface area (Å²) in [6.45, 7) is 4.18. The zero-order chi connectivity index (χ0) is 16.8. The van der Waals surface area contributed by atoms with Crippen LogP contribution in [0, 0.1) is 11.3 Å². The van der Waals surface area contributed by atoms with E-state index in [0.717, 1.165) is 0 Å². The highest BCUT2D eigenvalue weighted by Gasteiger charge is 2.41. The Bertz CT molecular complexity index is 376. The van der Waals surface area contributed by atoms with Crippen LogP contribution in [-0.2, 0) is 4.79 Å². The molecule has 0 fully saturated rings. The Hall–Kier alpha value is -1.14. The fraction of sp³-hybridized carbons (Fsp3) is 0.786. The molecule has 2 nitrogen and oxygen atoms in total. The molecule has 0 aliphatic rings. The molecule has 21 heavy (non-hydrogen) atoms. The highest BCUT2D eigenvalue weighted by molar-refractivity contribution is 5.92. The maximum atomic E-state index is 12.5. The van der Waals surface area contributed by atoms with Crippen LogP contribution in [0.2, 0.25) is 0 Å². The lowest BCUT2D eigenvalue weighted by atomic mass is 9.80.